The zero-order valence-corrected chi connectivity index (χ0v) is 12.6. The molecule has 4 nitrogen and oxygen atoms in total. The normalized spacial score (nSPS) is 12.1. The Morgan fingerprint density at radius 1 is 1.30 bits per heavy atom. The van der Waals surface area contributed by atoms with E-state index >= 15 is 0 Å². The monoisotopic (exact) mass is 277 g/mol. The van der Waals surface area contributed by atoms with Crippen molar-refractivity contribution >= 4 is 11.7 Å². The minimum Gasteiger partial charge on any atom is -0.484 e. The molecule has 1 N–H and O–H groups in total. The number of hydrogen-bond donors (Lipinski definition) is 1. The second kappa shape index (κ2) is 7.68. The van der Waals surface area contributed by atoms with E-state index in [1.54, 1.807) is 0 Å². The summed E-state index contributed by atoms with van der Waals surface area (Å²) in [6.45, 7) is 7.27. The largest absolute Gasteiger partial charge is 0.484 e. The van der Waals surface area contributed by atoms with Gasteiger partial charge in [-0.2, -0.15) is 0 Å². The van der Waals surface area contributed by atoms with Crippen LogP contribution in [0.4, 0.5) is 0 Å². The summed E-state index contributed by atoms with van der Waals surface area (Å²) in [4.78, 5) is 23.2. The highest BCUT2D eigenvalue weighted by atomic mass is 16.5. The first-order chi connectivity index (χ1) is 9.43. The molecule has 0 aromatic heterocycles. The Morgan fingerprint density at radius 2 is 2.00 bits per heavy atom. The van der Waals surface area contributed by atoms with Gasteiger partial charge in [0.2, 0.25) is 0 Å². The van der Waals surface area contributed by atoms with E-state index in [2.05, 4.69) is 12.2 Å². The molecule has 1 aromatic rings. The van der Waals surface area contributed by atoms with Crippen LogP contribution in [0.5, 0.6) is 5.75 Å². The second-order valence-corrected chi connectivity index (χ2v) is 5.19. The van der Waals surface area contributed by atoms with Crippen molar-refractivity contribution in [3.05, 3.63) is 29.8 Å². The molecular weight excluding hydrogens is 254 g/mol. The lowest BCUT2D eigenvalue weighted by molar-refractivity contribution is -0.129. The molecule has 110 valence electrons. The molecule has 4 heteroatoms. The van der Waals surface area contributed by atoms with Crippen LogP contribution >= 0.6 is 0 Å². The van der Waals surface area contributed by atoms with Crippen molar-refractivity contribution in [2.24, 2.45) is 5.92 Å². The molecule has 1 unspecified atom stereocenters. The molecule has 0 radical (unpaired) electrons. The van der Waals surface area contributed by atoms with Gasteiger partial charge in [-0.15, -0.1) is 0 Å². The van der Waals surface area contributed by atoms with E-state index in [1.807, 2.05) is 38.1 Å². The van der Waals surface area contributed by atoms with Crippen molar-refractivity contribution in [1.29, 1.82) is 0 Å². The smallest absolute Gasteiger partial charge is 0.258 e. The standard InChI is InChI=1S/C16H23NO3/c1-5-13-7-6-8-14(9-13)20-10-15(19)17-16(11(2)3)12(4)18/h6-9,11,16H,5,10H2,1-4H3,(H,17,19). The lowest BCUT2D eigenvalue weighted by Crippen LogP contribution is -2.45. The first-order valence-corrected chi connectivity index (χ1v) is 6.95. The van der Waals surface area contributed by atoms with Gasteiger partial charge in [0, 0.05) is 0 Å². The third kappa shape index (κ3) is 5.03. The van der Waals surface area contributed by atoms with E-state index in [1.165, 1.54) is 6.92 Å². The third-order valence-electron chi connectivity index (χ3n) is 3.10. The van der Waals surface area contributed by atoms with Gasteiger partial charge in [-0.1, -0.05) is 32.9 Å². The Bertz CT molecular complexity index is 469. The van der Waals surface area contributed by atoms with Gasteiger partial charge < -0.3 is 10.1 Å². The number of carbonyl (C=O) groups is 2. The molecule has 1 aromatic carbocycles. The average molecular weight is 277 g/mol. The van der Waals surface area contributed by atoms with Gasteiger partial charge in [0.15, 0.2) is 12.4 Å². The maximum absolute atomic E-state index is 11.8. The molecule has 0 spiro atoms. The van der Waals surface area contributed by atoms with Crippen LogP contribution in [0.2, 0.25) is 0 Å². The van der Waals surface area contributed by atoms with E-state index in [-0.39, 0.29) is 24.2 Å². The van der Waals surface area contributed by atoms with Crippen molar-refractivity contribution in [1.82, 2.24) is 5.32 Å². The van der Waals surface area contributed by atoms with Gasteiger partial charge in [-0.25, -0.2) is 0 Å². The highest BCUT2D eigenvalue weighted by Gasteiger charge is 2.20. The van der Waals surface area contributed by atoms with Gasteiger partial charge in [0.1, 0.15) is 5.75 Å². The average Bonchev–Trinajstić information content (AvgIpc) is 2.42. The highest BCUT2D eigenvalue weighted by Crippen LogP contribution is 2.13. The van der Waals surface area contributed by atoms with Crippen LogP contribution in [0.25, 0.3) is 0 Å². The van der Waals surface area contributed by atoms with Crippen LogP contribution < -0.4 is 10.1 Å². The Labute approximate surface area is 120 Å². The summed E-state index contributed by atoms with van der Waals surface area (Å²) in [5.41, 5.74) is 1.16. The van der Waals surface area contributed by atoms with Crippen molar-refractivity contribution in [2.75, 3.05) is 6.61 Å². The van der Waals surface area contributed by atoms with Crippen molar-refractivity contribution in [3.63, 3.8) is 0 Å². The van der Waals surface area contributed by atoms with Crippen molar-refractivity contribution < 1.29 is 14.3 Å². The zero-order chi connectivity index (χ0) is 15.1. The molecule has 0 aliphatic carbocycles. The fraction of sp³-hybridized carbons (Fsp3) is 0.500. The fourth-order valence-electron chi connectivity index (χ4n) is 1.96. The number of amides is 1. The van der Waals surface area contributed by atoms with Crippen LogP contribution in [-0.4, -0.2) is 24.3 Å². The van der Waals surface area contributed by atoms with Gasteiger partial charge in [-0.3, -0.25) is 9.59 Å². The summed E-state index contributed by atoms with van der Waals surface area (Å²) in [5, 5.41) is 2.70. The molecule has 0 saturated heterocycles. The van der Waals surface area contributed by atoms with Gasteiger partial charge in [0.25, 0.3) is 5.91 Å². The molecule has 20 heavy (non-hydrogen) atoms. The number of rotatable bonds is 7. The van der Waals surface area contributed by atoms with Crippen molar-refractivity contribution in [2.45, 2.75) is 40.2 Å². The Kier molecular flexibility index (Phi) is 6.22. The number of aryl methyl sites for hydroxylation is 1. The van der Waals surface area contributed by atoms with E-state index < -0.39 is 6.04 Å². The number of ketones is 1. The molecular formula is C16H23NO3. The number of nitrogens with one attached hydrogen (secondary N) is 1. The van der Waals surface area contributed by atoms with Crippen LogP contribution in [0.3, 0.4) is 0 Å². The second-order valence-electron chi connectivity index (χ2n) is 5.19. The molecule has 0 aliphatic rings. The molecule has 1 rings (SSSR count). The third-order valence-corrected chi connectivity index (χ3v) is 3.10. The number of carbonyl (C=O) groups excluding carboxylic acids is 2. The summed E-state index contributed by atoms with van der Waals surface area (Å²) in [5.74, 6) is 0.422. The van der Waals surface area contributed by atoms with Crippen LogP contribution in [-0.2, 0) is 16.0 Å². The van der Waals surface area contributed by atoms with E-state index in [0.29, 0.717) is 5.75 Å². The zero-order valence-electron chi connectivity index (χ0n) is 12.6. The molecule has 0 aliphatic heterocycles. The molecule has 1 atom stereocenters. The summed E-state index contributed by atoms with van der Waals surface area (Å²) in [6, 6.07) is 7.19. The Morgan fingerprint density at radius 3 is 2.55 bits per heavy atom. The number of Topliss-reactive ketones (excluding diaryl/α,β-unsaturated/α-hetero) is 1. The first-order valence-electron chi connectivity index (χ1n) is 6.95. The number of ether oxygens (including phenoxy) is 1. The maximum Gasteiger partial charge on any atom is 0.258 e. The Hall–Kier alpha value is -1.84. The highest BCUT2D eigenvalue weighted by molar-refractivity contribution is 5.88. The fourth-order valence-corrected chi connectivity index (χ4v) is 1.96. The lowest BCUT2D eigenvalue weighted by atomic mass is 10.0. The maximum atomic E-state index is 11.8. The van der Waals surface area contributed by atoms with Crippen LogP contribution in [0.1, 0.15) is 33.3 Å². The van der Waals surface area contributed by atoms with Gasteiger partial charge in [0.05, 0.1) is 6.04 Å². The number of hydrogen-bond acceptors (Lipinski definition) is 3. The van der Waals surface area contributed by atoms with E-state index in [4.69, 9.17) is 4.74 Å². The molecule has 0 saturated carbocycles. The quantitative estimate of drug-likeness (QED) is 0.832. The van der Waals surface area contributed by atoms with Crippen LogP contribution in [0, 0.1) is 5.92 Å². The topological polar surface area (TPSA) is 55.4 Å². The molecule has 0 fully saturated rings. The predicted octanol–water partition coefficient (Wildman–Crippen LogP) is 2.36. The lowest BCUT2D eigenvalue weighted by Gasteiger charge is -2.19. The molecule has 0 bridgehead atoms. The minimum atomic E-state index is -0.451. The van der Waals surface area contributed by atoms with E-state index in [0.717, 1.165) is 12.0 Å². The van der Waals surface area contributed by atoms with Crippen LogP contribution in [0.15, 0.2) is 24.3 Å². The summed E-state index contributed by atoms with van der Waals surface area (Å²) in [6.07, 6.45) is 0.920. The Balaban J connectivity index is 2.52. The summed E-state index contributed by atoms with van der Waals surface area (Å²) >= 11 is 0. The van der Waals surface area contributed by atoms with E-state index in [9.17, 15) is 9.59 Å². The number of benzene rings is 1. The van der Waals surface area contributed by atoms with Crippen molar-refractivity contribution in [3.8, 4) is 5.75 Å². The van der Waals surface area contributed by atoms with Gasteiger partial charge in [-0.05, 0) is 37.0 Å². The first kappa shape index (κ1) is 16.2. The molecule has 0 heterocycles. The summed E-state index contributed by atoms with van der Waals surface area (Å²) in [7, 11) is 0. The SMILES string of the molecule is CCc1cccc(OCC(=O)NC(C(C)=O)C(C)C)c1. The predicted molar refractivity (Wildman–Crippen MR) is 78.8 cm³/mol. The minimum absolute atomic E-state index is 0.0404. The van der Waals surface area contributed by atoms with Gasteiger partial charge >= 0.3 is 0 Å². The summed E-state index contributed by atoms with van der Waals surface area (Å²) < 4.78 is 5.45. The molecule has 1 amide bonds.